The summed E-state index contributed by atoms with van der Waals surface area (Å²) in [5, 5.41) is 15.7. The lowest BCUT2D eigenvalue weighted by Gasteiger charge is -2.16. The summed E-state index contributed by atoms with van der Waals surface area (Å²) in [5.74, 6) is -2.18. The average Bonchev–Trinajstić information content (AvgIpc) is 3.24. The van der Waals surface area contributed by atoms with Crippen LogP contribution in [0, 0.1) is 0 Å². The zero-order valence-electron chi connectivity index (χ0n) is 16.9. The molecule has 1 atom stereocenters. The van der Waals surface area contributed by atoms with Gasteiger partial charge in [-0.15, -0.1) is 0 Å². The monoisotopic (exact) mass is 428 g/mol. The van der Waals surface area contributed by atoms with Gasteiger partial charge in [-0.2, -0.15) is 0 Å². The van der Waals surface area contributed by atoms with Crippen molar-refractivity contribution in [3.8, 4) is 0 Å². The van der Waals surface area contributed by atoms with Crippen molar-refractivity contribution >= 4 is 34.4 Å². The van der Waals surface area contributed by atoms with Gasteiger partial charge >= 0.3 is 5.97 Å². The first-order valence-electron chi connectivity index (χ1n) is 9.92. The van der Waals surface area contributed by atoms with Crippen LogP contribution in [-0.2, 0) is 11.2 Å². The molecule has 0 spiro atoms. The van der Waals surface area contributed by atoms with E-state index in [4.69, 9.17) is 0 Å². The molecule has 8 nitrogen and oxygen atoms in total. The van der Waals surface area contributed by atoms with E-state index in [9.17, 15) is 19.5 Å². The number of aromatic nitrogens is 2. The van der Waals surface area contributed by atoms with E-state index in [1.165, 1.54) is 6.07 Å². The minimum atomic E-state index is -1.17. The van der Waals surface area contributed by atoms with Crippen molar-refractivity contribution in [1.29, 1.82) is 0 Å². The zero-order chi connectivity index (χ0) is 22.5. The molecular formula is C24H20N4O4. The molecule has 0 radical (unpaired) electrons. The fourth-order valence-electron chi connectivity index (χ4n) is 3.37. The van der Waals surface area contributed by atoms with E-state index >= 15 is 0 Å². The summed E-state index contributed by atoms with van der Waals surface area (Å²) in [6.07, 6.45) is 3.22. The molecular weight excluding hydrogens is 408 g/mol. The molecule has 4 rings (SSSR count). The Morgan fingerprint density at radius 2 is 1.75 bits per heavy atom. The molecule has 0 saturated heterocycles. The van der Waals surface area contributed by atoms with Gasteiger partial charge in [-0.3, -0.25) is 14.6 Å². The molecule has 4 N–H and O–H groups in total. The van der Waals surface area contributed by atoms with Gasteiger partial charge in [0.2, 0.25) is 0 Å². The van der Waals surface area contributed by atoms with Gasteiger partial charge in [0, 0.05) is 29.7 Å². The molecule has 32 heavy (non-hydrogen) atoms. The minimum Gasteiger partial charge on any atom is -0.480 e. The van der Waals surface area contributed by atoms with Crippen molar-refractivity contribution in [3.63, 3.8) is 0 Å². The second kappa shape index (κ2) is 9.13. The van der Waals surface area contributed by atoms with Crippen LogP contribution in [0.2, 0.25) is 0 Å². The molecule has 2 aromatic carbocycles. The third-order valence-electron chi connectivity index (χ3n) is 4.96. The standard InChI is InChI=1S/C24H20N4O4/c29-22(28-21(24(31)32)12-15-6-5-11-25-14-15)17-8-2-4-10-19(17)27-23(30)20-13-16-7-1-3-9-18(16)26-20/h1-11,13-14,21,26H,12H2,(H,27,30)(H,28,29)(H,31,32). The molecule has 0 fully saturated rings. The first-order chi connectivity index (χ1) is 15.5. The van der Waals surface area contributed by atoms with Crippen LogP contribution >= 0.6 is 0 Å². The second-order valence-corrected chi connectivity index (χ2v) is 7.20. The second-order valence-electron chi connectivity index (χ2n) is 7.20. The number of H-pyrrole nitrogens is 1. The summed E-state index contributed by atoms with van der Waals surface area (Å²) in [6, 6.07) is 17.9. The largest absolute Gasteiger partial charge is 0.480 e. The summed E-state index contributed by atoms with van der Waals surface area (Å²) in [5.41, 5.74) is 2.29. The number of rotatable bonds is 7. The molecule has 0 bridgehead atoms. The Kier molecular flexibility index (Phi) is 5.94. The van der Waals surface area contributed by atoms with E-state index in [0.717, 1.165) is 10.9 Å². The first kappa shape index (κ1) is 20.8. The lowest BCUT2D eigenvalue weighted by Crippen LogP contribution is -2.42. The number of nitrogens with zero attached hydrogens (tertiary/aromatic N) is 1. The number of benzene rings is 2. The number of pyridine rings is 1. The van der Waals surface area contributed by atoms with Crippen molar-refractivity contribution in [2.75, 3.05) is 5.32 Å². The number of amides is 2. The predicted octanol–water partition coefficient (Wildman–Crippen LogP) is 3.24. The SMILES string of the molecule is O=C(Nc1ccccc1C(=O)NC(Cc1cccnc1)C(=O)O)c1cc2ccccc2[nH]1. The predicted molar refractivity (Wildman–Crippen MR) is 120 cm³/mol. The number of nitrogens with one attached hydrogen (secondary N) is 3. The van der Waals surface area contributed by atoms with Crippen LogP contribution in [0.3, 0.4) is 0 Å². The summed E-state index contributed by atoms with van der Waals surface area (Å²) >= 11 is 0. The summed E-state index contributed by atoms with van der Waals surface area (Å²) in [4.78, 5) is 44.3. The van der Waals surface area contributed by atoms with E-state index in [2.05, 4.69) is 20.6 Å². The zero-order valence-corrected chi connectivity index (χ0v) is 16.9. The highest BCUT2D eigenvalue weighted by molar-refractivity contribution is 6.10. The van der Waals surface area contributed by atoms with Gasteiger partial charge in [0.1, 0.15) is 11.7 Å². The van der Waals surface area contributed by atoms with E-state index < -0.39 is 23.8 Å². The number of aromatic amines is 1. The Bertz CT molecular complexity index is 1250. The first-order valence-corrected chi connectivity index (χ1v) is 9.92. The highest BCUT2D eigenvalue weighted by Crippen LogP contribution is 2.19. The summed E-state index contributed by atoms with van der Waals surface area (Å²) < 4.78 is 0. The van der Waals surface area contributed by atoms with Crippen molar-refractivity contribution in [2.24, 2.45) is 0 Å². The third kappa shape index (κ3) is 4.65. The molecule has 0 saturated carbocycles. The van der Waals surface area contributed by atoms with Crippen LogP contribution in [-0.4, -0.2) is 38.9 Å². The minimum absolute atomic E-state index is 0.0818. The highest BCUT2D eigenvalue weighted by atomic mass is 16.4. The van der Waals surface area contributed by atoms with Crippen molar-refractivity contribution in [1.82, 2.24) is 15.3 Å². The van der Waals surface area contributed by atoms with Crippen LogP contribution in [0.25, 0.3) is 10.9 Å². The Labute approximate surface area is 183 Å². The molecule has 160 valence electrons. The number of hydrogen-bond donors (Lipinski definition) is 4. The maximum absolute atomic E-state index is 12.9. The lowest BCUT2D eigenvalue weighted by molar-refractivity contribution is -0.139. The smallest absolute Gasteiger partial charge is 0.326 e. The van der Waals surface area contributed by atoms with Gasteiger partial charge in [0.15, 0.2) is 0 Å². The van der Waals surface area contributed by atoms with Gasteiger partial charge < -0.3 is 20.7 Å². The quantitative estimate of drug-likeness (QED) is 0.360. The molecule has 1 unspecified atom stereocenters. The summed E-state index contributed by atoms with van der Waals surface area (Å²) in [6.45, 7) is 0. The lowest BCUT2D eigenvalue weighted by atomic mass is 10.1. The Morgan fingerprint density at radius 1 is 0.969 bits per heavy atom. The number of para-hydroxylation sites is 2. The fourth-order valence-corrected chi connectivity index (χ4v) is 3.37. The Balaban J connectivity index is 1.52. The Hall–Kier alpha value is -4.46. The van der Waals surface area contributed by atoms with E-state index in [1.54, 1.807) is 48.8 Å². The van der Waals surface area contributed by atoms with Gasteiger partial charge in [-0.05, 0) is 35.9 Å². The van der Waals surface area contributed by atoms with Crippen LogP contribution in [0.15, 0.2) is 79.1 Å². The maximum atomic E-state index is 12.9. The molecule has 0 aliphatic carbocycles. The Morgan fingerprint density at radius 3 is 2.50 bits per heavy atom. The number of hydrogen-bond acceptors (Lipinski definition) is 4. The number of fused-ring (bicyclic) bond motifs is 1. The van der Waals surface area contributed by atoms with Crippen LogP contribution in [0.4, 0.5) is 5.69 Å². The normalized spacial score (nSPS) is 11.6. The molecule has 0 aliphatic rings. The van der Waals surface area contributed by atoms with Crippen LogP contribution in [0.1, 0.15) is 26.4 Å². The summed E-state index contributed by atoms with van der Waals surface area (Å²) in [7, 11) is 0. The van der Waals surface area contributed by atoms with E-state index in [-0.39, 0.29) is 17.7 Å². The molecule has 2 heterocycles. The van der Waals surface area contributed by atoms with Gasteiger partial charge in [-0.25, -0.2) is 4.79 Å². The van der Waals surface area contributed by atoms with Crippen molar-refractivity contribution < 1.29 is 19.5 Å². The molecule has 2 amide bonds. The maximum Gasteiger partial charge on any atom is 0.326 e. The van der Waals surface area contributed by atoms with Crippen LogP contribution in [0.5, 0.6) is 0 Å². The van der Waals surface area contributed by atoms with Crippen molar-refractivity contribution in [3.05, 3.63) is 95.9 Å². The number of carboxylic acids is 1. The fraction of sp³-hybridized carbons (Fsp3) is 0.0833. The number of carbonyl (C=O) groups excluding carboxylic acids is 2. The topological polar surface area (TPSA) is 124 Å². The van der Waals surface area contributed by atoms with Gasteiger partial charge in [0.25, 0.3) is 11.8 Å². The molecule has 4 aromatic rings. The van der Waals surface area contributed by atoms with Gasteiger partial charge in [0.05, 0.1) is 11.3 Å². The highest BCUT2D eigenvalue weighted by Gasteiger charge is 2.23. The van der Waals surface area contributed by atoms with E-state index in [1.807, 2.05) is 24.3 Å². The number of aliphatic carboxylic acids is 1. The average molecular weight is 428 g/mol. The molecule has 0 aliphatic heterocycles. The molecule has 2 aromatic heterocycles. The number of carbonyl (C=O) groups is 3. The third-order valence-corrected chi connectivity index (χ3v) is 4.96. The van der Waals surface area contributed by atoms with Crippen molar-refractivity contribution in [2.45, 2.75) is 12.5 Å². The molecule has 8 heteroatoms. The number of anilines is 1. The van der Waals surface area contributed by atoms with Crippen LogP contribution < -0.4 is 10.6 Å². The van der Waals surface area contributed by atoms with E-state index in [0.29, 0.717) is 11.3 Å². The number of carboxylic acid groups (broad SMARTS) is 1. The van der Waals surface area contributed by atoms with Gasteiger partial charge in [-0.1, -0.05) is 36.4 Å².